The van der Waals surface area contributed by atoms with Crippen LogP contribution in [0.5, 0.6) is 0 Å². The second kappa shape index (κ2) is 9.26. The molecule has 1 saturated carbocycles. The summed E-state index contributed by atoms with van der Waals surface area (Å²) in [5.41, 5.74) is 0.495. The van der Waals surface area contributed by atoms with Gasteiger partial charge < -0.3 is 15.1 Å². The molecule has 1 aliphatic carbocycles. The second-order valence-corrected chi connectivity index (χ2v) is 8.97. The number of guanidine groups is 1. The molecule has 0 aromatic heterocycles. The molecule has 27 heavy (non-hydrogen) atoms. The van der Waals surface area contributed by atoms with Gasteiger partial charge in [-0.1, -0.05) is 26.2 Å². The van der Waals surface area contributed by atoms with Crippen LogP contribution in [0.1, 0.15) is 58.3 Å². The number of likely N-dealkylation sites (N-methyl/N-ethyl adjacent to an activating group) is 2. The molecule has 0 bridgehead atoms. The van der Waals surface area contributed by atoms with E-state index in [1.807, 2.05) is 0 Å². The molecule has 0 aromatic rings. The van der Waals surface area contributed by atoms with Gasteiger partial charge in [0.05, 0.1) is 0 Å². The van der Waals surface area contributed by atoms with Gasteiger partial charge in [-0.2, -0.15) is 0 Å². The first-order valence-electron chi connectivity index (χ1n) is 11.0. The third kappa shape index (κ3) is 5.15. The normalized spacial score (nSPS) is 26.0. The third-order valence-corrected chi connectivity index (χ3v) is 6.92. The van der Waals surface area contributed by atoms with Gasteiger partial charge in [-0.25, -0.2) is 4.99 Å². The number of nitrogens with one attached hydrogen (secondary N) is 1. The summed E-state index contributed by atoms with van der Waals surface area (Å²) in [6.45, 7) is 7.93. The van der Waals surface area contributed by atoms with Gasteiger partial charge in [0.1, 0.15) is 6.54 Å². The number of carbonyl (C=O) groups excluding carboxylic acids is 1. The molecule has 3 aliphatic rings. The molecular formula is C21H39N5O. The maximum absolute atomic E-state index is 12.1. The van der Waals surface area contributed by atoms with Crippen LogP contribution >= 0.6 is 0 Å². The van der Waals surface area contributed by atoms with Crippen molar-refractivity contribution in [3.8, 4) is 0 Å². The highest BCUT2D eigenvalue weighted by atomic mass is 16.2. The lowest BCUT2D eigenvalue weighted by molar-refractivity contribution is -0.127. The van der Waals surface area contributed by atoms with Crippen molar-refractivity contribution in [2.24, 2.45) is 10.4 Å². The first-order chi connectivity index (χ1) is 13.0. The number of likely N-dealkylation sites (tertiary alicyclic amines) is 2. The summed E-state index contributed by atoms with van der Waals surface area (Å²) in [6.07, 6.45) is 10.7. The van der Waals surface area contributed by atoms with E-state index in [4.69, 9.17) is 4.99 Å². The highest BCUT2D eigenvalue weighted by Gasteiger charge is 2.40. The minimum atomic E-state index is 0.0666. The van der Waals surface area contributed by atoms with E-state index in [2.05, 4.69) is 22.0 Å². The van der Waals surface area contributed by atoms with Crippen molar-refractivity contribution in [3.05, 3.63) is 0 Å². The minimum Gasteiger partial charge on any atom is -0.355 e. The van der Waals surface area contributed by atoms with E-state index in [-0.39, 0.29) is 12.5 Å². The minimum absolute atomic E-state index is 0.0666. The molecule has 2 aliphatic heterocycles. The Morgan fingerprint density at radius 2 is 1.93 bits per heavy atom. The van der Waals surface area contributed by atoms with E-state index in [1.165, 1.54) is 57.9 Å². The first-order valence-corrected chi connectivity index (χ1v) is 11.0. The van der Waals surface area contributed by atoms with Crippen LogP contribution < -0.4 is 5.32 Å². The zero-order chi connectivity index (χ0) is 19.3. The van der Waals surface area contributed by atoms with Crippen LogP contribution in [0, 0.1) is 5.41 Å². The Balaban J connectivity index is 1.64. The van der Waals surface area contributed by atoms with E-state index < -0.39 is 0 Å². The molecule has 3 fully saturated rings. The maximum Gasteiger partial charge on any atom is 0.243 e. The van der Waals surface area contributed by atoms with Crippen LogP contribution in [0.2, 0.25) is 0 Å². The van der Waals surface area contributed by atoms with Crippen molar-refractivity contribution in [1.29, 1.82) is 0 Å². The summed E-state index contributed by atoms with van der Waals surface area (Å²) in [7, 11) is 3.60. The summed E-state index contributed by atoms with van der Waals surface area (Å²) in [5, 5.41) is 3.65. The maximum atomic E-state index is 12.1. The average molecular weight is 378 g/mol. The van der Waals surface area contributed by atoms with Crippen molar-refractivity contribution in [1.82, 2.24) is 20.0 Å². The number of nitrogens with zero attached hydrogens (tertiary/aromatic N) is 4. The predicted octanol–water partition coefficient (Wildman–Crippen LogP) is 2.16. The number of hydrogen-bond acceptors (Lipinski definition) is 3. The molecular weight excluding hydrogens is 338 g/mol. The molecule has 1 amide bonds. The Hall–Kier alpha value is -1.30. The molecule has 1 spiro atoms. The molecule has 0 aromatic carbocycles. The Morgan fingerprint density at radius 3 is 2.63 bits per heavy atom. The van der Waals surface area contributed by atoms with Gasteiger partial charge >= 0.3 is 0 Å². The fourth-order valence-corrected chi connectivity index (χ4v) is 5.13. The topological polar surface area (TPSA) is 51.2 Å². The first kappa shape index (κ1) is 20.4. The lowest BCUT2D eigenvalue weighted by atomic mass is 9.73. The van der Waals surface area contributed by atoms with Crippen LogP contribution in [0.4, 0.5) is 0 Å². The number of aliphatic imine (C=N–C) groups is 1. The largest absolute Gasteiger partial charge is 0.355 e. The van der Waals surface area contributed by atoms with Gasteiger partial charge in [0, 0.05) is 39.8 Å². The molecule has 0 radical (unpaired) electrons. The van der Waals surface area contributed by atoms with E-state index >= 15 is 0 Å². The monoisotopic (exact) mass is 377 g/mol. The Kier molecular flexibility index (Phi) is 7.01. The SMILES string of the molecule is CCN1CCCC1CNC(=NCC(=O)N(C)C)N1CCC2(CCCCC2)C1. The molecule has 2 heterocycles. The fourth-order valence-electron chi connectivity index (χ4n) is 5.13. The Labute approximate surface area is 165 Å². The van der Waals surface area contributed by atoms with Crippen LogP contribution in [-0.2, 0) is 4.79 Å². The van der Waals surface area contributed by atoms with Crippen LogP contribution in [-0.4, -0.2) is 86.0 Å². The van der Waals surface area contributed by atoms with Crippen LogP contribution in [0.25, 0.3) is 0 Å². The van der Waals surface area contributed by atoms with Crippen molar-refractivity contribution in [2.75, 3.05) is 53.4 Å². The van der Waals surface area contributed by atoms with Gasteiger partial charge in [0.2, 0.25) is 5.91 Å². The summed E-state index contributed by atoms with van der Waals surface area (Å²) in [4.78, 5) is 23.4. The fraction of sp³-hybridized carbons (Fsp3) is 0.905. The highest BCUT2D eigenvalue weighted by molar-refractivity contribution is 5.85. The van der Waals surface area contributed by atoms with Crippen molar-refractivity contribution < 1.29 is 4.79 Å². The van der Waals surface area contributed by atoms with Crippen molar-refractivity contribution in [2.45, 2.75) is 64.3 Å². The zero-order valence-electron chi connectivity index (χ0n) is 17.7. The number of hydrogen-bond donors (Lipinski definition) is 1. The summed E-state index contributed by atoms with van der Waals surface area (Å²) < 4.78 is 0. The second-order valence-electron chi connectivity index (χ2n) is 8.97. The zero-order valence-corrected chi connectivity index (χ0v) is 17.7. The molecule has 6 nitrogen and oxygen atoms in total. The lowest BCUT2D eigenvalue weighted by Gasteiger charge is -2.34. The quantitative estimate of drug-likeness (QED) is 0.589. The smallest absolute Gasteiger partial charge is 0.243 e. The average Bonchev–Trinajstić information content (AvgIpc) is 3.29. The van der Waals surface area contributed by atoms with Crippen molar-refractivity contribution in [3.63, 3.8) is 0 Å². The molecule has 1 N–H and O–H groups in total. The highest BCUT2D eigenvalue weighted by Crippen LogP contribution is 2.43. The van der Waals surface area contributed by atoms with E-state index in [9.17, 15) is 4.79 Å². The van der Waals surface area contributed by atoms with E-state index in [1.54, 1.807) is 19.0 Å². The molecule has 1 unspecified atom stereocenters. The van der Waals surface area contributed by atoms with Gasteiger partial charge in [-0.3, -0.25) is 9.69 Å². The van der Waals surface area contributed by atoms with E-state index in [0.29, 0.717) is 11.5 Å². The number of carbonyl (C=O) groups is 1. The lowest BCUT2D eigenvalue weighted by Crippen LogP contribution is -2.47. The molecule has 6 heteroatoms. The van der Waals surface area contributed by atoms with Gasteiger partial charge in [-0.05, 0) is 50.6 Å². The van der Waals surface area contributed by atoms with E-state index in [0.717, 1.165) is 32.1 Å². The summed E-state index contributed by atoms with van der Waals surface area (Å²) >= 11 is 0. The Morgan fingerprint density at radius 1 is 1.15 bits per heavy atom. The molecule has 2 saturated heterocycles. The predicted molar refractivity (Wildman–Crippen MR) is 111 cm³/mol. The van der Waals surface area contributed by atoms with Gasteiger partial charge in [-0.15, -0.1) is 0 Å². The summed E-state index contributed by atoms with van der Waals surface area (Å²) in [5.74, 6) is 1.02. The standard InChI is InChI=1S/C21H39N5O/c1-4-25-13-8-9-18(25)15-22-20(23-16-19(27)24(2)3)26-14-12-21(17-26)10-6-5-7-11-21/h18H,4-17H2,1-3H3,(H,22,23). The van der Waals surface area contributed by atoms with Crippen molar-refractivity contribution >= 4 is 11.9 Å². The molecule has 1 atom stereocenters. The van der Waals surface area contributed by atoms with Crippen LogP contribution in [0.15, 0.2) is 4.99 Å². The number of amides is 1. The number of rotatable bonds is 5. The molecule has 154 valence electrons. The van der Waals surface area contributed by atoms with Crippen LogP contribution in [0.3, 0.4) is 0 Å². The van der Waals surface area contributed by atoms with Gasteiger partial charge in [0.25, 0.3) is 0 Å². The molecule has 3 rings (SSSR count). The third-order valence-electron chi connectivity index (χ3n) is 6.92. The Bertz CT molecular complexity index is 527. The van der Waals surface area contributed by atoms with Gasteiger partial charge in [0.15, 0.2) is 5.96 Å². The summed E-state index contributed by atoms with van der Waals surface area (Å²) in [6, 6.07) is 0.594.